The highest BCUT2D eigenvalue weighted by Gasteiger charge is 2.33. The smallest absolute Gasteiger partial charge is 0.410 e. The van der Waals surface area contributed by atoms with E-state index in [1.165, 1.54) is 0 Å². The van der Waals surface area contributed by atoms with Crippen LogP contribution in [0.25, 0.3) is 44.1 Å². The van der Waals surface area contributed by atoms with Crippen molar-refractivity contribution in [1.82, 2.24) is 24.8 Å². The monoisotopic (exact) mass is 541 g/mol. The molecule has 1 fully saturated rings. The second kappa shape index (κ2) is 10.4. The first kappa shape index (κ1) is 24.8. The number of carbonyl (C=O) groups excluding carboxylic acids is 1. The molecular weight excluding hydrogens is 514 g/mol. The predicted molar refractivity (Wildman–Crippen MR) is 158 cm³/mol. The molecule has 4 aromatic carbocycles. The van der Waals surface area contributed by atoms with Crippen LogP contribution in [0.1, 0.15) is 30.3 Å². The summed E-state index contributed by atoms with van der Waals surface area (Å²) in [7, 11) is 0. The van der Waals surface area contributed by atoms with Crippen molar-refractivity contribution in [2.45, 2.75) is 25.5 Å². The third-order valence-electron chi connectivity index (χ3n) is 7.72. The number of nitrogens with one attached hydrogen (secondary N) is 2. The van der Waals surface area contributed by atoms with E-state index in [4.69, 9.17) is 9.72 Å². The topological polar surface area (TPSA) is 104 Å². The molecule has 0 bridgehead atoms. The Balaban J connectivity index is 1.17. The van der Waals surface area contributed by atoms with E-state index >= 15 is 0 Å². The van der Waals surface area contributed by atoms with E-state index in [2.05, 4.69) is 51.4 Å². The molecule has 7 rings (SSSR count). The first-order chi connectivity index (χ1) is 20.1. The lowest BCUT2D eigenvalue weighted by Crippen LogP contribution is -2.32. The lowest BCUT2D eigenvalue weighted by atomic mass is 9.98. The highest BCUT2D eigenvalue weighted by molar-refractivity contribution is 5.92. The minimum Gasteiger partial charge on any atom is -0.445 e. The summed E-state index contributed by atoms with van der Waals surface area (Å²) >= 11 is 0. The number of likely N-dealkylation sites (tertiary alicyclic amines) is 1. The molecular formula is C33H27N5O3. The van der Waals surface area contributed by atoms with Crippen LogP contribution < -0.4 is 5.56 Å². The van der Waals surface area contributed by atoms with Crippen molar-refractivity contribution >= 4 is 27.8 Å². The summed E-state index contributed by atoms with van der Waals surface area (Å²) in [4.78, 5) is 42.7. The lowest BCUT2D eigenvalue weighted by molar-refractivity contribution is 0.0908. The SMILES string of the molecule is O=C(OCc1ccccc1)N1CCCC1c1nc2cc(-c3ccc4cc(-c5cnc[nH]5)ccc4c3)ccc2c(=O)[nH]1. The number of hydrogen-bond donors (Lipinski definition) is 2. The van der Waals surface area contributed by atoms with E-state index in [0.717, 1.165) is 45.1 Å². The maximum atomic E-state index is 13.1. The van der Waals surface area contributed by atoms with Crippen molar-refractivity contribution in [3.8, 4) is 22.4 Å². The Bertz CT molecular complexity index is 1930. The number of aromatic nitrogens is 4. The van der Waals surface area contributed by atoms with Gasteiger partial charge in [-0.25, -0.2) is 14.8 Å². The van der Waals surface area contributed by atoms with Crippen LogP contribution in [-0.4, -0.2) is 37.5 Å². The standard InChI is InChI=1S/C33H27N5O3/c39-32-27-13-12-25(23-8-9-24-16-26(11-10-22(24)15-23)29-18-34-20-35-29)17-28(27)36-31(37-32)30-7-4-14-38(30)33(40)41-19-21-5-2-1-3-6-21/h1-3,5-6,8-13,15-18,20,30H,4,7,14,19H2,(H,34,35)(H,36,37,39). The highest BCUT2D eigenvalue weighted by atomic mass is 16.6. The average Bonchev–Trinajstić information content (AvgIpc) is 3.73. The van der Waals surface area contributed by atoms with E-state index in [-0.39, 0.29) is 18.2 Å². The Morgan fingerprint density at radius 3 is 2.49 bits per heavy atom. The van der Waals surface area contributed by atoms with Crippen LogP contribution in [0.3, 0.4) is 0 Å². The number of fused-ring (bicyclic) bond motifs is 2. The zero-order chi connectivity index (χ0) is 27.8. The Kier molecular flexibility index (Phi) is 6.28. The predicted octanol–water partition coefficient (Wildman–Crippen LogP) is 6.61. The maximum absolute atomic E-state index is 13.1. The number of hydrogen-bond acceptors (Lipinski definition) is 5. The fraction of sp³-hybridized carbons (Fsp3) is 0.152. The quantitative estimate of drug-likeness (QED) is 0.256. The number of nitrogens with zero attached hydrogens (tertiary/aromatic N) is 3. The van der Waals surface area contributed by atoms with Gasteiger partial charge in [0.05, 0.1) is 35.2 Å². The third-order valence-corrected chi connectivity index (χ3v) is 7.72. The largest absolute Gasteiger partial charge is 0.445 e. The fourth-order valence-corrected chi connectivity index (χ4v) is 5.57. The Morgan fingerprint density at radius 1 is 0.927 bits per heavy atom. The zero-order valence-electron chi connectivity index (χ0n) is 22.2. The van der Waals surface area contributed by atoms with Gasteiger partial charge in [-0.1, -0.05) is 60.7 Å². The Labute approximate surface area is 235 Å². The summed E-state index contributed by atoms with van der Waals surface area (Å²) in [5, 5.41) is 2.75. The average molecular weight is 542 g/mol. The van der Waals surface area contributed by atoms with Gasteiger partial charge in [-0.15, -0.1) is 0 Å². The van der Waals surface area contributed by atoms with E-state index in [9.17, 15) is 9.59 Å². The first-order valence-electron chi connectivity index (χ1n) is 13.7. The molecule has 6 aromatic rings. The molecule has 1 atom stereocenters. The molecule has 2 aromatic heterocycles. The normalized spacial score (nSPS) is 15.0. The number of aromatic amines is 2. The van der Waals surface area contributed by atoms with Crippen LogP contribution in [0.4, 0.5) is 4.79 Å². The van der Waals surface area contributed by atoms with Crippen molar-refractivity contribution in [2.24, 2.45) is 0 Å². The van der Waals surface area contributed by atoms with Crippen molar-refractivity contribution in [1.29, 1.82) is 0 Å². The van der Waals surface area contributed by atoms with Gasteiger partial charge in [0.1, 0.15) is 12.4 Å². The van der Waals surface area contributed by atoms with Crippen LogP contribution in [0.15, 0.2) is 102 Å². The van der Waals surface area contributed by atoms with Gasteiger partial charge in [-0.05, 0) is 64.6 Å². The molecule has 202 valence electrons. The van der Waals surface area contributed by atoms with E-state index < -0.39 is 6.09 Å². The summed E-state index contributed by atoms with van der Waals surface area (Å²) in [6, 6.07) is 27.6. The number of ether oxygens (including phenoxy) is 1. The van der Waals surface area contributed by atoms with Gasteiger partial charge in [0.25, 0.3) is 5.56 Å². The molecule has 8 nitrogen and oxygen atoms in total. The lowest BCUT2D eigenvalue weighted by Gasteiger charge is -2.23. The second-order valence-electron chi connectivity index (χ2n) is 10.3. The van der Waals surface area contributed by atoms with Crippen molar-refractivity contribution in [2.75, 3.05) is 6.54 Å². The number of imidazole rings is 1. The second-order valence-corrected chi connectivity index (χ2v) is 10.3. The molecule has 0 spiro atoms. The molecule has 1 unspecified atom stereocenters. The number of carbonyl (C=O) groups is 1. The van der Waals surface area contributed by atoms with Gasteiger partial charge in [0.15, 0.2) is 0 Å². The minimum atomic E-state index is -0.403. The summed E-state index contributed by atoms with van der Waals surface area (Å²) < 4.78 is 5.58. The molecule has 1 aliphatic rings. The van der Waals surface area contributed by atoms with Crippen molar-refractivity contribution in [3.63, 3.8) is 0 Å². The zero-order valence-corrected chi connectivity index (χ0v) is 22.2. The molecule has 3 heterocycles. The first-order valence-corrected chi connectivity index (χ1v) is 13.7. The van der Waals surface area contributed by atoms with Gasteiger partial charge in [0.2, 0.25) is 0 Å². The van der Waals surface area contributed by atoms with Gasteiger partial charge >= 0.3 is 6.09 Å². The van der Waals surface area contributed by atoms with Crippen LogP contribution in [0.5, 0.6) is 0 Å². The molecule has 1 saturated heterocycles. The molecule has 0 radical (unpaired) electrons. The fourth-order valence-electron chi connectivity index (χ4n) is 5.57. The van der Waals surface area contributed by atoms with Crippen LogP contribution in [0.2, 0.25) is 0 Å². The molecule has 41 heavy (non-hydrogen) atoms. The Morgan fingerprint density at radius 2 is 1.68 bits per heavy atom. The molecule has 0 saturated carbocycles. The van der Waals surface area contributed by atoms with Crippen molar-refractivity contribution in [3.05, 3.63) is 119 Å². The molecule has 0 aliphatic carbocycles. The highest BCUT2D eigenvalue weighted by Crippen LogP contribution is 2.32. The van der Waals surface area contributed by atoms with Crippen LogP contribution >= 0.6 is 0 Å². The van der Waals surface area contributed by atoms with Crippen LogP contribution in [-0.2, 0) is 11.3 Å². The Hall–Kier alpha value is -5.24. The van der Waals surface area contributed by atoms with Crippen LogP contribution in [0, 0.1) is 0 Å². The van der Waals surface area contributed by atoms with Gasteiger partial charge in [0, 0.05) is 12.1 Å². The minimum absolute atomic E-state index is 0.199. The molecule has 8 heteroatoms. The number of rotatable bonds is 5. The van der Waals surface area contributed by atoms with Crippen molar-refractivity contribution < 1.29 is 9.53 Å². The number of H-pyrrole nitrogens is 2. The molecule has 1 aliphatic heterocycles. The molecule has 2 N–H and O–H groups in total. The summed E-state index contributed by atoms with van der Waals surface area (Å²) in [5.74, 6) is 0.485. The van der Waals surface area contributed by atoms with Gasteiger partial charge in [-0.3, -0.25) is 9.69 Å². The van der Waals surface area contributed by atoms with E-state index in [0.29, 0.717) is 29.7 Å². The van der Waals surface area contributed by atoms with Gasteiger partial charge < -0.3 is 14.7 Å². The molecule has 1 amide bonds. The maximum Gasteiger partial charge on any atom is 0.410 e. The number of benzene rings is 4. The summed E-state index contributed by atoms with van der Waals surface area (Å²) in [6.45, 7) is 0.753. The van der Waals surface area contributed by atoms with Gasteiger partial charge in [-0.2, -0.15) is 0 Å². The van der Waals surface area contributed by atoms with E-state index in [1.54, 1.807) is 11.2 Å². The van der Waals surface area contributed by atoms with E-state index in [1.807, 2.05) is 54.7 Å². The number of amides is 1. The summed E-state index contributed by atoms with van der Waals surface area (Å²) in [6.07, 6.45) is 4.60. The summed E-state index contributed by atoms with van der Waals surface area (Å²) in [5.41, 5.74) is 5.35. The third kappa shape index (κ3) is 4.84.